The molecule has 196 valence electrons. The van der Waals surface area contributed by atoms with Crippen LogP contribution in [0.4, 0.5) is 10.1 Å². The third-order valence-corrected chi connectivity index (χ3v) is 7.90. The Balaban J connectivity index is 2.01. The number of rotatable bonds is 11. The lowest BCUT2D eigenvalue weighted by molar-refractivity contribution is -0.139. The first-order chi connectivity index (χ1) is 17.6. The van der Waals surface area contributed by atoms with Gasteiger partial charge in [-0.2, -0.15) is 0 Å². The summed E-state index contributed by atoms with van der Waals surface area (Å²) in [6, 6.07) is 18.5. The first-order valence-corrected chi connectivity index (χ1v) is 13.6. The number of amides is 2. The fourth-order valence-corrected chi connectivity index (χ4v) is 5.28. The van der Waals surface area contributed by atoms with Gasteiger partial charge < -0.3 is 10.2 Å². The molecule has 37 heavy (non-hydrogen) atoms. The molecule has 3 aromatic rings. The Morgan fingerprint density at radius 1 is 0.973 bits per heavy atom. The first kappa shape index (κ1) is 28.1. The van der Waals surface area contributed by atoms with Crippen LogP contribution in [-0.2, 0) is 26.2 Å². The Labute approximate surface area is 221 Å². The van der Waals surface area contributed by atoms with Crippen LogP contribution in [0.1, 0.15) is 25.8 Å². The number of carbonyl (C=O) groups excluding carboxylic acids is 2. The van der Waals surface area contributed by atoms with Gasteiger partial charge in [0.2, 0.25) is 11.8 Å². The fourth-order valence-electron chi connectivity index (χ4n) is 3.64. The molecule has 2 amide bonds. The average Bonchev–Trinajstić information content (AvgIpc) is 2.90. The molecule has 0 bridgehead atoms. The van der Waals surface area contributed by atoms with Crippen LogP contribution in [0.25, 0.3) is 0 Å². The molecule has 0 saturated heterocycles. The first-order valence-electron chi connectivity index (χ1n) is 11.8. The second kappa shape index (κ2) is 12.7. The molecule has 1 atom stereocenters. The highest BCUT2D eigenvalue weighted by Gasteiger charge is 2.32. The molecule has 1 N–H and O–H groups in total. The van der Waals surface area contributed by atoms with Crippen LogP contribution >= 0.6 is 11.6 Å². The predicted octanol–water partition coefficient (Wildman–Crippen LogP) is 4.62. The topological polar surface area (TPSA) is 86.8 Å². The summed E-state index contributed by atoms with van der Waals surface area (Å²) in [6.07, 6.45) is 0.713. The summed E-state index contributed by atoms with van der Waals surface area (Å²) in [5.74, 6) is -1.54. The molecule has 0 aliphatic carbocycles. The number of benzene rings is 3. The van der Waals surface area contributed by atoms with Gasteiger partial charge >= 0.3 is 0 Å². The molecule has 0 unspecified atom stereocenters. The van der Waals surface area contributed by atoms with Gasteiger partial charge in [0.1, 0.15) is 18.4 Å². The molecular formula is C27H29ClFN3O4S. The van der Waals surface area contributed by atoms with Gasteiger partial charge in [-0.25, -0.2) is 12.8 Å². The van der Waals surface area contributed by atoms with Crippen LogP contribution in [0.2, 0.25) is 5.02 Å². The van der Waals surface area contributed by atoms with Crippen molar-refractivity contribution in [2.24, 2.45) is 0 Å². The maximum atomic E-state index is 13.7. The molecule has 0 heterocycles. The number of nitrogens with one attached hydrogen (secondary N) is 1. The Bertz CT molecular complexity index is 1320. The van der Waals surface area contributed by atoms with Crippen molar-refractivity contribution in [3.05, 3.63) is 95.3 Å². The van der Waals surface area contributed by atoms with Crippen molar-refractivity contribution < 1.29 is 22.4 Å². The fraction of sp³-hybridized carbons (Fsp3) is 0.259. The molecule has 7 nitrogen and oxygen atoms in total. The minimum Gasteiger partial charge on any atom is -0.354 e. The molecule has 10 heteroatoms. The van der Waals surface area contributed by atoms with Gasteiger partial charge in [-0.3, -0.25) is 13.9 Å². The molecular weight excluding hydrogens is 517 g/mol. The van der Waals surface area contributed by atoms with E-state index in [2.05, 4.69) is 5.32 Å². The minimum absolute atomic E-state index is 0.0120. The Morgan fingerprint density at radius 3 is 2.22 bits per heavy atom. The number of anilines is 1. The lowest BCUT2D eigenvalue weighted by Crippen LogP contribution is -2.51. The highest BCUT2D eigenvalue weighted by Crippen LogP contribution is 2.25. The number of hydrogen-bond acceptors (Lipinski definition) is 4. The van der Waals surface area contributed by atoms with Crippen molar-refractivity contribution in [1.82, 2.24) is 10.2 Å². The average molecular weight is 546 g/mol. The maximum absolute atomic E-state index is 13.7. The van der Waals surface area contributed by atoms with Crippen molar-refractivity contribution in [2.45, 2.75) is 37.8 Å². The number of hydrogen-bond donors (Lipinski definition) is 1. The zero-order chi connectivity index (χ0) is 27.0. The number of halogens is 2. The SMILES string of the molecule is CCCNC(=O)[C@H](C)N(Cc1ccccc1Cl)C(=O)CN(c1ccc(F)cc1)S(=O)(=O)c1ccccc1. The van der Waals surface area contributed by atoms with Crippen molar-refractivity contribution in [1.29, 1.82) is 0 Å². The van der Waals surface area contributed by atoms with E-state index in [0.29, 0.717) is 23.6 Å². The quantitative estimate of drug-likeness (QED) is 0.381. The molecule has 0 spiro atoms. The van der Waals surface area contributed by atoms with Crippen LogP contribution in [0, 0.1) is 5.82 Å². The molecule has 3 aromatic carbocycles. The molecule has 0 aromatic heterocycles. The van der Waals surface area contributed by atoms with Gasteiger partial charge in [0.15, 0.2) is 0 Å². The molecule has 0 aliphatic heterocycles. The summed E-state index contributed by atoms with van der Waals surface area (Å²) in [5.41, 5.74) is 0.714. The van der Waals surface area contributed by atoms with Gasteiger partial charge in [-0.1, -0.05) is 54.9 Å². The third-order valence-electron chi connectivity index (χ3n) is 5.74. The van der Waals surface area contributed by atoms with Crippen molar-refractivity contribution in [3.8, 4) is 0 Å². The zero-order valence-electron chi connectivity index (χ0n) is 20.6. The predicted molar refractivity (Wildman–Crippen MR) is 142 cm³/mol. The molecule has 0 radical (unpaired) electrons. The van der Waals surface area contributed by atoms with Crippen molar-refractivity contribution in [2.75, 3.05) is 17.4 Å². The van der Waals surface area contributed by atoms with Gasteiger partial charge in [0, 0.05) is 18.1 Å². The van der Waals surface area contributed by atoms with E-state index >= 15 is 0 Å². The zero-order valence-corrected chi connectivity index (χ0v) is 22.2. The van der Waals surface area contributed by atoms with Crippen LogP contribution < -0.4 is 9.62 Å². The number of nitrogens with zero attached hydrogens (tertiary/aromatic N) is 2. The van der Waals surface area contributed by atoms with Gasteiger partial charge in [0.25, 0.3) is 10.0 Å². The van der Waals surface area contributed by atoms with Gasteiger partial charge in [-0.05, 0) is 61.4 Å². The highest BCUT2D eigenvalue weighted by molar-refractivity contribution is 7.92. The minimum atomic E-state index is -4.20. The van der Waals surface area contributed by atoms with E-state index in [1.165, 1.54) is 29.2 Å². The van der Waals surface area contributed by atoms with Crippen LogP contribution in [0.15, 0.2) is 83.8 Å². The molecule has 0 aliphatic rings. The van der Waals surface area contributed by atoms with Crippen molar-refractivity contribution in [3.63, 3.8) is 0 Å². The second-order valence-corrected chi connectivity index (χ2v) is 10.7. The Morgan fingerprint density at radius 2 is 1.59 bits per heavy atom. The summed E-state index contributed by atoms with van der Waals surface area (Å²) in [7, 11) is -4.20. The van der Waals surface area contributed by atoms with E-state index in [-0.39, 0.29) is 23.0 Å². The smallest absolute Gasteiger partial charge is 0.264 e. The van der Waals surface area contributed by atoms with E-state index in [1.807, 2.05) is 6.92 Å². The van der Waals surface area contributed by atoms with Crippen molar-refractivity contribution >= 4 is 39.1 Å². The summed E-state index contributed by atoms with van der Waals surface area (Å²) >= 11 is 6.33. The van der Waals surface area contributed by atoms with E-state index in [9.17, 15) is 22.4 Å². The Hall–Kier alpha value is -3.43. The van der Waals surface area contributed by atoms with Crippen LogP contribution in [0.3, 0.4) is 0 Å². The van der Waals surface area contributed by atoms with Crippen LogP contribution in [-0.4, -0.2) is 44.3 Å². The number of carbonyl (C=O) groups is 2. The summed E-state index contributed by atoms with van der Waals surface area (Å²) < 4.78 is 41.7. The maximum Gasteiger partial charge on any atom is 0.264 e. The molecule has 0 fully saturated rings. The largest absolute Gasteiger partial charge is 0.354 e. The number of sulfonamides is 1. The summed E-state index contributed by atoms with van der Waals surface area (Å²) in [6.45, 7) is 3.29. The lowest BCUT2D eigenvalue weighted by atomic mass is 10.1. The second-order valence-electron chi connectivity index (χ2n) is 8.38. The van der Waals surface area contributed by atoms with Gasteiger partial charge in [0.05, 0.1) is 10.6 Å². The monoisotopic (exact) mass is 545 g/mol. The Kier molecular flexibility index (Phi) is 9.66. The standard InChI is InChI=1S/C27H29ClFN3O4S/c1-3-17-30-27(34)20(2)31(18-21-9-7-8-12-25(21)28)26(33)19-32(23-15-13-22(29)14-16-23)37(35,36)24-10-5-4-6-11-24/h4-16,20H,3,17-19H2,1-2H3,(H,30,34)/t20-/m0/s1. The summed E-state index contributed by atoms with van der Waals surface area (Å²) in [4.78, 5) is 27.8. The molecule has 0 saturated carbocycles. The van der Waals surface area contributed by atoms with E-state index in [1.54, 1.807) is 49.4 Å². The van der Waals surface area contributed by atoms with Gasteiger partial charge in [-0.15, -0.1) is 0 Å². The summed E-state index contributed by atoms with van der Waals surface area (Å²) in [5, 5.41) is 3.19. The molecule has 3 rings (SSSR count). The third kappa shape index (κ3) is 7.08. The van der Waals surface area contributed by atoms with E-state index in [4.69, 9.17) is 11.6 Å². The normalized spacial score (nSPS) is 12.0. The highest BCUT2D eigenvalue weighted by atomic mass is 35.5. The van der Waals surface area contributed by atoms with E-state index < -0.39 is 34.3 Å². The lowest BCUT2D eigenvalue weighted by Gasteiger charge is -2.32. The van der Waals surface area contributed by atoms with E-state index in [0.717, 1.165) is 16.4 Å². The van der Waals surface area contributed by atoms with Crippen LogP contribution in [0.5, 0.6) is 0 Å².